The van der Waals surface area contributed by atoms with Crippen LogP contribution in [0, 0.1) is 12.7 Å². The van der Waals surface area contributed by atoms with Crippen LogP contribution in [0.4, 0.5) is 4.39 Å². The number of methoxy groups -OCH3 is 2. The predicted molar refractivity (Wildman–Crippen MR) is 91.6 cm³/mol. The molecule has 0 amide bonds. The average molecular weight is 327 g/mol. The molecular formula is C19H18FNO3. The molecule has 124 valence electrons. The monoisotopic (exact) mass is 327 g/mol. The molecule has 0 atom stereocenters. The zero-order chi connectivity index (χ0) is 17.3. The van der Waals surface area contributed by atoms with E-state index in [-0.39, 0.29) is 11.4 Å². The molecule has 0 saturated heterocycles. The molecule has 0 fully saturated rings. The number of rotatable bonds is 4. The van der Waals surface area contributed by atoms with Crippen LogP contribution in [0.15, 0.2) is 41.2 Å². The molecule has 0 aliphatic carbocycles. The van der Waals surface area contributed by atoms with Crippen molar-refractivity contribution >= 4 is 10.9 Å². The van der Waals surface area contributed by atoms with Gasteiger partial charge in [-0.05, 0) is 30.2 Å². The van der Waals surface area contributed by atoms with Crippen molar-refractivity contribution in [3.05, 3.63) is 69.3 Å². The highest BCUT2D eigenvalue weighted by Gasteiger charge is 2.15. The van der Waals surface area contributed by atoms with E-state index in [2.05, 4.69) is 4.98 Å². The maximum absolute atomic E-state index is 13.1. The molecule has 1 heterocycles. The third-order valence-electron chi connectivity index (χ3n) is 4.18. The Morgan fingerprint density at radius 1 is 1.08 bits per heavy atom. The van der Waals surface area contributed by atoms with Gasteiger partial charge in [-0.3, -0.25) is 4.79 Å². The molecule has 1 N–H and O–H groups in total. The molecule has 4 nitrogen and oxygen atoms in total. The summed E-state index contributed by atoms with van der Waals surface area (Å²) in [4.78, 5) is 15.4. The quantitative estimate of drug-likeness (QED) is 0.797. The number of hydrogen-bond donors (Lipinski definition) is 1. The summed E-state index contributed by atoms with van der Waals surface area (Å²) in [6.45, 7) is 1.89. The zero-order valence-corrected chi connectivity index (χ0v) is 13.8. The first-order valence-electron chi connectivity index (χ1n) is 7.55. The first kappa shape index (κ1) is 16.1. The molecule has 0 aliphatic heterocycles. The van der Waals surface area contributed by atoms with Crippen molar-refractivity contribution in [3.8, 4) is 11.5 Å². The van der Waals surface area contributed by atoms with E-state index in [9.17, 15) is 9.18 Å². The number of benzene rings is 2. The van der Waals surface area contributed by atoms with Gasteiger partial charge < -0.3 is 14.5 Å². The maximum atomic E-state index is 13.1. The smallest absolute Gasteiger partial charge is 0.252 e. The molecule has 5 heteroatoms. The van der Waals surface area contributed by atoms with E-state index in [1.54, 1.807) is 38.5 Å². The Hall–Kier alpha value is -2.82. The molecule has 0 radical (unpaired) electrons. The summed E-state index contributed by atoms with van der Waals surface area (Å²) in [5.74, 6) is 0.954. The first-order chi connectivity index (χ1) is 11.5. The van der Waals surface area contributed by atoms with Crippen LogP contribution >= 0.6 is 0 Å². The van der Waals surface area contributed by atoms with Gasteiger partial charge in [-0.1, -0.05) is 12.1 Å². The second-order valence-corrected chi connectivity index (χ2v) is 5.61. The summed E-state index contributed by atoms with van der Waals surface area (Å²) < 4.78 is 23.8. The summed E-state index contributed by atoms with van der Waals surface area (Å²) in [7, 11) is 3.15. The van der Waals surface area contributed by atoms with Crippen LogP contribution in [0.25, 0.3) is 10.9 Å². The van der Waals surface area contributed by atoms with Gasteiger partial charge >= 0.3 is 0 Å². The number of fused-ring (bicyclic) bond motifs is 1. The Kier molecular flexibility index (Phi) is 4.25. The Bertz CT molecular complexity index is 945. The summed E-state index contributed by atoms with van der Waals surface area (Å²) in [6, 6.07) is 9.72. The number of hydrogen-bond acceptors (Lipinski definition) is 3. The molecule has 3 aromatic rings. The van der Waals surface area contributed by atoms with Crippen LogP contribution in [0.3, 0.4) is 0 Å². The van der Waals surface area contributed by atoms with Crippen molar-refractivity contribution in [2.24, 2.45) is 0 Å². The number of aromatic amines is 1. The standard InChI is InChI=1S/C19H18FNO3/c1-11-15(8-12-4-6-13(20)7-5-12)19(22)21-16-9-14(23-2)10-17(24-3)18(11)16/h4-7,9-10H,8H2,1-3H3,(H,21,22). The lowest BCUT2D eigenvalue weighted by Crippen LogP contribution is -2.15. The van der Waals surface area contributed by atoms with Gasteiger partial charge in [0.25, 0.3) is 5.56 Å². The zero-order valence-electron chi connectivity index (χ0n) is 13.8. The normalized spacial score (nSPS) is 10.8. The van der Waals surface area contributed by atoms with Crippen LogP contribution in [0.5, 0.6) is 11.5 Å². The minimum absolute atomic E-state index is 0.167. The van der Waals surface area contributed by atoms with Gasteiger partial charge in [0.15, 0.2) is 0 Å². The topological polar surface area (TPSA) is 51.3 Å². The van der Waals surface area contributed by atoms with Crippen molar-refractivity contribution in [1.82, 2.24) is 4.98 Å². The molecule has 0 aliphatic rings. The Labute approximate surface area is 138 Å². The molecular weight excluding hydrogens is 309 g/mol. The van der Waals surface area contributed by atoms with Crippen molar-refractivity contribution in [3.63, 3.8) is 0 Å². The fourth-order valence-corrected chi connectivity index (χ4v) is 2.89. The van der Waals surface area contributed by atoms with Gasteiger partial charge in [-0.15, -0.1) is 0 Å². The Balaban J connectivity index is 2.18. The third-order valence-corrected chi connectivity index (χ3v) is 4.18. The highest BCUT2D eigenvalue weighted by atomic mass is 19.1. The molecule has 0 unspecified atom stereocenters. The Morgan fingerprint density at radius 3 is 2.42 bits per heavy atom. The van der Waals surface area contributed by atoms with E-state index in [4.69, 9.17) is 9.47 Å². The number of halogens is 1. The summed E-state index contributed by atoms with van der Waals surface area (Å²) in [5, 5.41) is 0.843. The molecule has 0 spiro atoms. The van der Waals surface area contributed by atoms with Gasteiger partial charge in [-0.25, -0.2) is 4.39 Å². The molecule has 24 heavy (non-hydrogen) atoms. The second-order valence-electron chi connectivity index (χ2n) is 5.61. The minimum atomic E-state index is -0.295. The number of H-pyrrole nitrogens is 1. The molecule has 0 bridgehead atoms. The highest BCUT2D eigenvalue weighted by Crippen LogP contribution is 2.33. The largest absolute Gasteiger partial charge is 0.497 e. The van der Waals surface area contributed by atoms with Crippen LogP contribution in [0.2, 0.25) is 0 Å². The number of nitrogens with one attached hydrogen (secondary N) is 1. The molecule has 1 aromatic heterocycles. The summed E-state index contributed by atoms with van der Waals surface area (Å²) >= 11 is 0. The highest BCUT2D eigenvalue weighted by molar-refractivity contribution is 5.90. The SMILES string of the molecule is COc1cc(OC)c2c(C)c(Cc3ccc(F)cc3)c(=O)[nH]c2c1. The molecule has 0 saturated carbocycles. The average Bonchev–Trinajstić information content (AvgIpc) is 2.58. The van der Waals surface area contributed by atoms with Crippen molar-refractivity contribution in [1.29, 1.82) is 0 Å². The fraction of sp³-hybridized carbons (Fsp3) is 0.211. The van der Waals surface area contributed by atoms with E-state index in [1.807, 2.05) is 6.92 Å². The number of aryl methyl sites for hydroxylation is 1. The van der Waals surface area contributed by atoms with E-state index < -0.39 is 0 Å². The van der Waals surface area contributed by atoms with Gasteiger partial charge in [0, 0.05) is 29.5 Å². The summed E-state index contributed by atoms with van der Waals surface area (Å²) in [6.07, 6.45) is 0.423. The minimum Gasteiger partial charge on any atom is -0.497 e. The third kappa shape index (κ3) is 2.85. The van der Waals surface area contributed by atoms with E-state index in [0.717, 1.165) is 16.5 Å². The lowest BCUT2D eigenvalue weighted by molar-refractivity contribution is 0.397. The van der Waals surface area contributed by atoms with Gasteiger partial charge in [-0.2, -0.15) is 0 Å². The second kappa shape index (κ2) is 6.35. The molecule has 3 rings (SSSR count). The Morgan fingerprint density at radius 2 is 1.79 bits per heavy atom. The number of pyridine rings is 1. The van der Waals surface area contributed by atoms with E-state index in [0.29, 0.717) is 29.0 Å². The maximum Gasteiger partial charge on any atom is 0.252 e. The van der Waals surface area contributed by atoms with Crippen molar-refractivity contribution in [2.45, 2.75) is 13.3 Å². The van der Waals surface area contributed by atoms with E-state index in [1.165, 1.54) is 12.1 Å². The lowest BCUT2D eigenvalue weighted by Gasteiger charge is -2.14. The lowest BCUT2D eigenvalue weighted by atomic mass is 9.98. The van der Waals surface area contributed by atoms with Gasteiger partial charge in [0.2, 0.25) is 0 Å². The van der Waals surface area contributed by atoms with Crippen molar-refractivity contribution in [2.75, 3.05) is 14.2 Å². The van der Waals surface area contributed by atoms with Crippen molar-refractivity contribution < 1.29 is 13.9 Å². The number of ether oxygens (including phenoxy) is 2. The van der Waals surface area contributed by atoms with Crippen LogP contribution in [-0.4, -0.2) is 19.2 Å². The fourth-order valence-electron chi connectivity index (χ4n) is 2.89. The van der Waals surface area contributed by atoms with Gasteiger partial charge in [0.1, 0.15) is 17.3 Å². The predicted octanol–water partition coefficient (Wildman–Crippen LogP) is 3.58. The van der Waals surface area contributed by atoms with Crippen LogP contribution in [-0.2, 0) is 6.42 Å². The van der Waals surface area contributed by atoms with Gasteiger partial charge in [0.05, 0.1) is 19.7 Å². The van der Waals surface area contributed by atoms with E-state index >= 15 is 0 Å². The summed E-state index contributed by atoms with van der Waals surface area (Å²) in [5.41, 5.74) is 2.85. The first-order valence-corrected chi connectivity index (χ1v) is 7.55. The van der Waals surface area contributed by atoms with Crippen LogP contribution in [0.1, 0.15) is 16.7 Å². The van der Waals surface area contributed by atoms with Crippen LogP contribution < -0.4 is 15.0 Å². The molecule has 2 aromatic carbocycles. The number of aromatic nitrogens is 1.